The number of likely N-dealkylation sites (tertiary alicyclic amines) is 1. The van der Waals surface area contributed by atoms with E-state index in [-0.39, 0.29) is 11.5 Å². The molecule has 2 aromatic rings. The van der Waals surface area contributed by atoms with Gasteiger partial charge in [-0.2, -0.15) is 4.99 Å². The Kier molecular flexibility index (Phi) is 4.74. The summed E-state index contributed by atoms with van der Waals surface area (Å²) < 4.78 is 6.29. The molecule has 0 radical (unpaired) electrons. The zero-order valence-corrected chi connectivity index (χ0v) is 18.8. The fraction of sp³-hybridized carbons (Fsp3) is 0.360. The summed E-state index contributed by atoms with van der Waals surface area (Å²) in [6.07, 6.45) is 4.72. The zero-order valence-electron chi connectivity index (χ0n) is 17.2. The number of rotatable bonds is 0. The number of halogens is 1. The normalized spacial score (nSPS) is 24.4. The van der Waals surface area contributed by atoms with Gasteiger partial charge in [0.2, 0.25) is 0 Å². The van der Waals surface area contributed by atoms with Crippen molar-refractivity contribution in [3.63, 3.8) is 0 Å². The maximum Gasteiger partial charge on any atom is 0.286 e. The summed E-state index contributed by atoms with van der Waals surface area (Å²) >= 11 is 7.97. The summed E-state index contributed by atoms with van der Waals surface area (Å²) in [6.45, 7) is 2.39. The van der Waals surface area contributed by atoms with Crippen LogP contribution in [0.4, 0.5) is 0 Å². The SMILES string of the molecule is O=C1N=C(N2CCC3(CC2)OCc2ccccc23)SC1=C1CCCc2c(Cl)cccc21. The molecule has 6 heteroatoms. The largest absolute Gasteiger partial charge is 0.365 e. The summed E-state index contributed by atoms with van der Waals surface area (Å²) in [5.74, 6) is -0.106. The third-order valence-corrected chi connectivity index (χ3v) is 8.52. The van der Waals surface area contributed by atoms with Crippen molar-refractivity contribution in [1.82, 2.24) is 4.90 Å². The number of ether oxygens (including phenoxy) is 1. The maximum atomic E-state index is 12.9. The lowest BCUT2D eigenvalue weighted by atomic mass is 9.84. The molecule has 0 bridgehead atoms. The average Bonchev–Trinajstić information content (AvgIpc) is 3.36. The van der Waals surface area contributed by atoms with Crippen LogP contribution in [0.3, 0.4) is 0 Å². The lowest BCUT2D eigenvalue weighted by Gasteiger charge is -2.39. The molecule has 3 aliphatic heterocycles. The molecule has 1 spiro atoms. The number of allylic oxidation sites excluding steroid dienone is 1. The van der Waals surface area contributed by atoms with Crippen LogP contribution in [0, 0.1) is 0 Å². The predicted molar refractivity (Wildman–Crippen MR) is 125 cm³/mol. The number of thioether (sulfide) groups is 1. The molecule has 0 aromatic heterocycles. The van der Waals surface area contributed by atoms with Crippen LogP contribution in [0.15, 0.2) is 52.4 Å². The van der Waals surface area contributed by atoms with Gasteiger partial charge in [-0.1, -0.05) is 48.0 Å². The molecule has 158 valence electrons. The van der Waals surface area contributed by atoms with Gasteiger partial charge >= 0.3 is 0 Å². The molecular formula is C25H23ClN2O2S. The molecule has 0 N–H and O–H groups in total. The van der Waals surface area contributed by atoms with Gasteiger partial charge < -0.3 is 9.64 Å². The van der Waals surface area contributed by atoms with Crippen molar-refractivity contribution < 1.29 is 9.53 Å². The molecule has 0 unspecified atom stereocenters. The van der Waals surface area contributed by atoms with Crippen LogP contribution in [0.2, 0.25) is 5.02 Å². The van der Waals surface area contributed by atoms with E-state index in [1.807, 2.05) is 12.1 Å². The second kappa shape index (κ2) is 7.51. The number of hydrogen-bond acceptors (Lipinski definition) is 4. The van der Waals surface area contributed by atoms with Crippen LogP contribution < -0.4 is 0 Å². The third-order valence-electron chi connectivity index (χ3n) is 7.01. The number of aliphatic imine (C=N–C) groups is 1. The van der Waals surface area contributed by atoms with Crippen molar-refractivity contribution in [1.29, 1.82) is 0 Å². The van der Waals surface area contributed by atoms with E-state index in [4.69, 9.17) is 16.3 Å². The fourth-order valence-corrected chi connectivity index (χ4v) is 6.75. The van der Waals surface area contributed by atoms with Gasteiger partial charge in [0.05, 0.1) is 17.1 Å². The minimum absolute atomic E-state index is 0.106. The molecule has 0 saturated carbocycles. The van der Waals surface area contributed by atoms with Gasteiger partial charge in [-0.15, -0.1) is 0 Å². The highest BCUT2D eigenvalue weighted by Gasteiger charge is 2.43. The Morgan fingerprint density at radius 1 is 1.06 bits per heavy atom. The van der Waals surface area contributed by atoms with Gasteiger partial charge in [0, 0.05) is 18.1 Å². The number of nitrogens with zero attached hydrogens (tertiary/aromatic N) is 2. The Balaban J connectivity index is 1.23. The molecule has 1 fully saturated rings. The van der Waals surface area contributed by atoms with Crippen molar-refractivity contribution in [2.24, 2.45) is 4.99 Å². The number of fused-ring (bicyclic) bond motifs is 3. The van der Waals surface area contributed by atoms with E-state index in [1.165, 1.54) is 22.9 Å². The Labute approximate surface area is 191 Å². The van der Waals surface area contributed by atoms with E-state index >= 15 is 0 Å². The molecule has 3 heterocycles. The first kappa shape index (κ1) is 19.6. The van der Waals surface area contributed by atoms with E-state index in [1.54, 1.807) is 0 Å². The van der Waals surface area contributed by atoms with Gasteiger partial charge in [-0.05, 0) is 77.8 Å². The van der Waals surface area contributed by atoms with E-state index in [2.05, 4.69) is 40.2 Å². The quantitative estimate of drug-likeness (QED) is 0.494. The minimum Gasteiger partial charge on any atom is -0.365 e. The highest BCUT2D eigenvalue weighted by atomic mass is 35.5. The van der Waals surface area contributed by atoms with Crippen molar-refractivity contribution in [3.8, 4) is 0 Å². The number of amidine groups is 1. The molecule has 1 saturated heterocycles. The topological polar surface area (TPSA) is 41.9 Å². The predicted octanol–water partition coefficient (Wildman–Crippen LogP) is 5.54. The molecule has 2 aromatic carbocycles. The van der Waals surface area contributed by atoms with E-state index in [9.17, 15) is 4.79 Å². The Morgan fingerprint density at radius 3 is 2.77 bits per heavy atom. The molecule has 0 atom stereocenters. The Hall–Kier alpha value is -2.08. The lowest BCUT2D eigenvalue weighted by Crippen LogP contribution is -2.44. The summed E-state index contributed by atoms with van der Waals surface area (Å²) in [7, 11) is 0. The van der Waals surface area contributed by atoms with Gasteiger partial charge in [-0.3, -0.25) is 4.79 Å². The highest BCUT2D eigenvalue weighted by molar-refractivity contribution is 8.18. The number of hydrogen-bond donors (Lipinski definition) is 0. The summed E-state index contributed by atoms with van der Waals surface area (Å²) in [5.41, 5.74) is 5.86. The van der Waals surface area contributed by atoms with Gasteiger partial charge in [0.1, 0.15) is 0 Å². The van der Waals surface area contributed by atoms with Crippen molar-refractivity contribution in [2.45, 2.75) is 44.3 Å². The second-order valence-electron chi connectivity index (χ2n) is 8.66. The van der Waals surface area contributed by atoms with Gasteiger partial charge in [0.25, 0.3) is 5.91 Å². The lowest BCUT2D eigenvalue weighted by molar-refractivity contribution is -0.113. The van der Waals surface area contributed by atoms with Crippen LogP contribution in [0.5, 0.6) is 0 Å². The molecule has 31 heavy (non-hydrogen) atoms. The minimum atomic E-state index is -0.179. The number of carbonyl (C=O) groups excluding carboxylic acids is 1. The molecule has 4 aliphatic rings. The van der Waals surface area contributed by atoms with Crippen LogP contribution >= 0.6 is 23.4 Å². The van der Waals surface area contributed by atoms with Crippen LogP contribution in [-0.4, -0.2) is 29.1 Å². The highest BCUT2D eigenvalue weighted by Crippen LogP contribution is 2.46. The van der Waals surface area contributed by atoms with Gasteiger partial charge in [-0.25, -0.2) is 0 Å². The standard InChI is InChI=1S/C25H23ClN2O2S/c26-21-10-4-6-17-18(21)7-3-8-19(17)22-23(29)27-24(31-22)28-13-11-25(12-14-28)20-9-2-1-5-16(20)15-30-25/h1-2,4-6,9-10H,3,7-8,11-15H2. The van der Waals surface area contributed by atoms with Crippen molar-refractivity contribution in [3.05, 3.63) is 74.6 Å². The van der Waals surface area contributed by atoms with Crippen LogP contribution in [0.1, 0.15) is 47.9 Å². The molecule has 1 aliphatic carbocycles. The third kappa shape index (κ3) is 3.17. The Morgan fingerprint density at radius 2 is 1.90 bits per heavy atom. The maximum absolute atomic E-state index is 12.9. The van der Waals surface area contributed by atoms with Crippen molar-refractivity contribution >= 4 is 40.0 Å². The number of carbonyl (C=O) groups is 1. The first-order valence-corrected chi connectivity index (χ1v) is 12.1. The molecule has 6 rings (SSSR count). The smallest absolute Gasteiger partial charge is 0.286 e. The molecule has 4 nitrogen and oxygen atoms in total. The summed E-state index contributed by atoms with van der Waals surface area (Å²) in [5, 5.41) is 1.63. The zero-order chi connectivity index (χ0) is 21.0. The number of benzene rings is 2. The first-order valence-electron chi connectivity index (χ1n) is 10.9. The number of amides is 1. The fourth-order valence-electron chi connectivity index (χ4n) is 5.39. The summed E-state index contributed by atoms with van der Waals surface area (Å²) in [6, 6.07) is 14.6. The average molecular weight is 451 g/mol. The molecule has 1 amide bonds. The van der Waals surface area contributed by atoms with Crippen LogP contribution in [0.25, 0.3) is 5.57 Å². The first-order chi connectivity index (χ1) is 15.1. The van der Waals surface area contributed by atoms with E-state index in [0.717, 1.165) is 77.0 Å². The summed E-state index contributed by atoms with van der Waals surface area (Å²) in [4.78, 5) is 20.4. The Bertz CT molecular complexity index is 1150. The number of piperidine rings is 1. The molecular weight excluding hydrogens is 428 g/mol. The second-order valence-corrected chi connectivity index (χ2v) is 10.0. The van der Waals surface area contributed by atoms with Crippen LogP contribution in [-0.2, 0) is 28.2 Å². The van der Waals surface area contributed by atoms with Gasteiger partial charge in [0.15, 0.2) is 5.17 Å². The van der Waals surface area contributed by atoms with E-state index in [0.29, 0.717) is 6.61 Å². The van der Waals surface area contributed by atoms with Crippen molar-refractivity contribution in [2.75, 3.05) is 13.1 Å². The van der Waals surface area contributed by atoms with E-state index < -0.39 is 0 Å². The monoisotopic (exact) mass is 450 g/mol.